The molecular formula is C10H18. The Hall–Kier alpha value is -0.260. The van der Waals surface area contributed by atoms with Crippen LogP contribution in [0.3, 0.4) is 0 Å². The third-order valence-electron chi connectivity index (χ3n) is 2.86. The summed E-state index contributed by atoms with van der Waals surface area (Å²) in [6, 6.07) is 0. The molecule has 0 bridgehead atoms. The third-order valence-corrected chi connectivity index (χ3v) is 2.86. The van der Waals surface area contributed by atoms with Crippen molar-refractivity contribution in [2.24, 2.45) is 17.8 Å². The Morgan fingerprint density at radius 3 is 2.40 bits per heavy atom. The zero-order valence-electron chi connectivity index (χ0n) is 7.52. The molecule has 0 N–H and O–H groups in total. The van der Waals surface area contributed by atoms with E-state index in [1.807, 2.05) is 0 Å². The summed E-state index contributed by atoms with van der Waals surface area (Å²) in [4.78, 5) is 0. The standard InChI is InChI=1S/C10H18/c1-7-5-8(2)10(4)9(3)6-7/h5,7,9-10H,6H2,1-4H3. The lowest BCUT2D eigenvalue weighted by Crippen LogP contribution is -2.17. The van der Waals surface area contributed by atoms with Crippen molar-refractivity contribution in [1.29, 1.82) is 0 Å². The number of rotatable bonds is 0. The smallest absolute Gasteiger partial charge is 0.0208 e. The normalized spacial score (nSPS) is 41.2. The molecular weight excluding hydrogens is 120 g/mol. The minimum atomic E-state index is 0.811. The third kappa shape index (κ3) is 1.42. The first-order valence-corrected chi connectivity index (χ1v) is 4.29. The number of hydrogen-bond acceptors (Lipinski definition) is 0. The quantitative estimate of drug-likeness (QED) is 0.451. The highest BCUT2D eigenvalue weighted by Gasteiger charge is 2.20. The van der Waals surface area contributed by atoms with Gasteiger partial charge < -0.3 is 0 Å². The fourth-order valence-corrected chi connectivity index (χ4v) is 1.91. The van der Waals surface area contributed by atoms with Crippen molar-refractivity contribution < 1.29 is 0 Å². The monoisotopic (exact) mass is 138 g/mol. The second-order valence-corrected chi connectivity index (χ2v) is 3.89. The Morgan fingerprint density at radius 1 is 1.30 bits per heavy atom. The molecule has 0 fully saturated rings. The average molecular weight is 138 g/mol. The first-order chi connectivity index (χ1) is 4.61. The fraction of sp³-hybridized carbons (Fsp3) is 0.800. The maximum absolute atomic E-state index is 2.42. The van der Waals surface area contributed by atoms with Gasteiger partial charge in [0.1, 0.15) is 0 Å². The van der Waals surface area contributed by atoms with Crippen LogP contribution in [0, 0.1) is 17.8 Å². The van der Waals surface area contributed by atoms with Crippen LogP contribution in [-0.2, 0) is 0 Å². The van der Waals surface area contributed by atoms with Gasteiger partial charge in [-0.1, -0.05) is 32.4 Å². The van der Waals surface area contributed by atoms with Gasteiger partial charge in [0.25, 0.3) is 0 Å². The SMILES string of the molecule is CC1=CC(C)CC(C)C1C. The van der Waals surface area contributed by atoms with Gasteiger partial charge in [0.15, 0.2) is 0 Å². The van der Waals surface area contributed by atoms with E-state index in [-0.39, 0.29) is 0 Å². The van der Waals surface area contributed by atoms with Crippen LogP contribution < -0.4 is 0 Å². The molecule has 3 atom stereocenters. The highest BCUT2D eigenvalue weighted by atomic mass is 14.3. The molecule has 0 radical (unpaired) electrons. The zero-order chi connectivity index (χ0) is 7.72. The topological polar surface area (TPSA) is 0 Å². The van der Waals surface area contributed by atoms with Crippen molar-refractivity contribution in [3.05, 3.63) is 11.6 Å². The summed E-state index contributed by atoms with van der Waals surface area (Å²) in [6.45, 7) is 9.27. The van der Waals surface area contributed by atoms with Crippen molar-refractivity contribution >= 4 is 0 Å². The van der Waals surface area contributed by atoms with Gasteiger partial charge in [0, 0.05) is 0 Å². The summed E-state index contributed by atoms with van der Waals surface area (Å²) >= 11 is 0. The van der Waals surface area contributed by atoms with Crippen molar-refractivity contribution in [3.8, 4) is 0 Å². The Morgan fingerprint density at radius 2 is 1.90 bits per heavy atom. The first kappa shape index (κ1) is 7.84. The molecule has 0 aromatic carbocycles. The minimum absolute atomic E-state index is 0.811. The molecule has 0 saturated carbocycles. The Kier molecular flexibility index (Phi) is 2.18. The Bertz CT molecular complexity index is 144. The van der Waals surface area contributed by atoms with Gasteiger partial charge in [-0.05, 0) is 31.1 Å². The zero-order valence-corrected chi connectivity index (χ0v) is 7.52. The second kappa shape index (κ2) is 2.77. The number of allylic oxidation sites excluding steroid dienone is 2. The summed E-state index contributed by atoms with van der Waals surface area (Å²) in [6.07, 6.45) is 3.79. The van der Waals surface area contributed by atoms with Crippen molar-refractivity contribution in [1.82, 2.24) is 0 Å². The Balaban J connectivity index is 2.71. The van der Waals surface area contributed by atoms with Crippen LogP contribution >= 0.6 is 0 Å². The molecule has 1 aliphatic carbocycles. The van der Waals surface area contributed by atoms with Gasteiger partial charge in [-0.2, -0.15) is 0 Å². The van der Waals surface area contributed by atoms with Gasteiger partial charge in [-0.25, -0.2) is 0 Å². The molecule has 0 heteroatoms. The van der Waals surface area contributed by atoms with Crippen LogP contribution in [0.25, 0.3) is 0 Å². The van der Waals surface area contributed by atoms with Crippen LogP contribution in [0.5, 0.6) is 0 Å². The lowest BCUT2D eigenvalue weighted by Gasteiger charge is -2.28. The highest BCUT2D eigenvalue weighted by Crippen LogP contribution is 2.32. The minimum Gasteiger partial charge on any atom is -0.0825 e. The first-order valence-electron chi connectivity index (χ1n) is 4.29. The van der Waals surface area contributed by atoms with E-state index in [0.29, 0.717) is 0 Å². The van der Waals surface area contributed by atoms with Crippen molar-refractivity contribution in [3.63, 3.8) is 0 Å². The van der Waals surface area contributed by atoms with Gasteiger partial charge in [0.05, 0.1) is 0 Å². The summed E-state index contributed by atoms with van der Waals surface area (Å²) in [5, 5.41) is 0. The molecule has 0 heterocycles. The molecule has 10 heavy (non-hydrogen) atoms. The van der Waals surface area contributed by atoms with E-state index in [2.05, 4.69) is 33.8 Å². The molecule has 0 amide bonds. The molecule has 1 aliphatic rings. The highest BCUT2D eigenvalue weighted by molar-refractivity contribution is 5.09. The molecule has 58 valence electrons. The van der Waals surface area contributed by atoms with E-state index in [9.17, 15) is 0 Å². The fourth-order valence-electron chi connectivity index (χ4n) is 1.91. The lowest BCUT2D eigenvalue weighted by molar-refractivity contribution is 0.347. The van der Waals surface area contributed by atoms with Crippen LogP contribution in [0.1, 0.15) is 34.1 Å². The van der Waals surface area contributed by atoms with Crippen molar-refractivity contribution in [2.45, 2.75) is 34.1 Å². The predicted molar refractivity (Wildman–Crippen MR) is 45.9 cm³/mol. The van der Waals surface area contributed by atoms with Crippen LogP contribution in [0.4, 0.5) is 0 Å². The summed E-state index contributed by atoms with van der Waals surface area (Å²) in [5.74, 6) is 2.52. The maximum Gasteiger partial charge on any atom is -0.0208 e. The van der Waals surface area contributed by atoms with Gasteiger partial charge in [-0.15, -0.1) is 0 Å². The molecule has 3 unspecified atom stereocenters. The summed E-state index contributed by atoms with van der Waals surface area (Å²) in [5.41, 5.74) is 1.59. The molecule has 0 nitrogen and oxygen atoms in total. The maximum atomic E-state index is 2.42. The van der Waals surface area contributed by atoms with E-state index >= 15 is 0 Å². The summed E-state index contributed by atoms with van der Waals surface area (Å²) < 4.78 is 0. The number of hydrogen-bond donors (Lipinski definition) is 0. The van der Waals surface area contributed by atoms with E-state index < -0.39 is 0 Å². The van der Waals surface area contributed by atoms with Gasteiger partial charge >= 0.3 is 0 Å². The molecule has 1 rings (SSSR count). The second-order valence-electron chi connectivity index (χ2n) is 3.89. The van der Waals surface area contributed by atoms with Crippen LogP contribution in [-0.4, -0.2) is 0 Å². The molecule has 0 saturated heterocycles. The largest absolute Gasteiger partial charge is 0.0825 e. The van der Waals surface area contributed by atoms with E-state index in [0.717, 1.165) is 17.8 Å². The predicted octanol–water partition coefficient (Wildman–Crippen LogP) is 3.24. The average Bonchev–Trinajstić information content (AvgIpc) is 1.82. The van der Waals surface area contributed by atoms with E-state index in [1.54, 1.807) is 5.57 Å². The van der Waals surface area contributed by atoms with E-state index in [1.165, 1.54) is 6.42 Å². The van der Waals surface area contributed by atoms with Gasteiger partial charge in [-0.3, -0.25) is 0 Å². The summed E-state index contributed by atoms with van der Waals surface area (Å²) in [7, 11) is 0. The lowest BCUT2D eigenvalue weighted by atomic mass is 9.77. The molecule has 0 aromatic rings. The molecule has 0 aliphatic heterocycles. The van der Waals surface area contributed by atoms with Crippen molar-refractivity contribution in [2.75, 3.05) is 0 Å². The Labute approximate surface area is 64.3 Å². The van der Waals surface area contributed by atoms with E-state index in [4.69, 9.17) is 0 Å². The van der Waals surface area contributed by atoms with Crippen LogP contribution in [0.15, 0.2) is 11.6 Å². The van der Waals surface area contributed by atoms with Gasteiger partial charge in [0.2, 0.25) is 0 Å². The van der Waals surface area contributed by atoms with Crippen LogP contribution in [0.2, 0.25) is 0 Å². The molecule has 0 spiro atoms. The molecule has 0 aromatic heterocycles.